The van der Waals surface area contributed by atoms with Crippen LogP contribution >= 0.6 is 11.6 Å². The number of carbonyl (C=O) groups excluding carboxylic acids is 1. The van der Waals surface area contributed by atoms with Crippen molar-refractivity contribution in [1.29, 1.82) is 0 Å². The molecule has 0 unspecified atom stereocenters. The molecule has 22 heavy (non-hydrogen) atoms. The quantitative estimate of drug-likeness (QED) is 0.502. The van der Waals surface area contributed by atoms with Gasteiger partial charge in [-0.2, -0.15) is 5.10 Å². The average Bonchev–Trinajstić information content (AvgIpc) is 2.53. The van der Waals surface area contributed by atoms with Crippen LogP contribution in [0.5, 0.6) is 0 Å². The highest BCUT2D eigenvalue weighted by molar-refractivity contribution is 6.84. The Kier molecular flexibility index (Phi) is 5.05. The standard InChI is InChI=1S/C14H11ClN4O3/c15-13(14(20)16-10-4-2-1-3-5-10)18-17-11-6-8-12(9-7-11)19(21)22/h1-9,17H,(H,16,20)/b18-13-. The summed E-state index contributed by atoms with van der Waals surface area (Å²) in [5.41, 5.74) is 3.57. The predicted octanol–water partition coefficient (Wildman–Crippen LogP) is 3.20. The van der Waals surface area contributed by atoms with Crippen molar-refractivity contribution in [2.45, 2.75) is 0 Å². The fraction of sp³-hybridized carbons (Fsp3) is 0. The van der Waals surface area contributed by atoms with E-state index in [1.54, 1.807) is 24.3 Å². The molecule has 0 fully saturated rings. The van der Waals surface area contributed by atoms with Crippen LogP contribution in [-0.2, 0) is 4.79 Å². The van der Waals surface area contributed by atoms with Gasteiger partial charge in [0.2, 0.25) is 5.17 Å². The lowest BCUT2D eigenvalue weighted by Gasteiger charge is -2.04. The number of carbonyl (C=O) groups is 1. The zero-order valence-electron chi connectivity index (χ0n) is 11.2. The van der Waals surface area contributed by atoms with Gasteiger partial charge in [0, 0.05) is 17.8 Å². The Labute approximate surface area is 130 Å². The van der Waals surface area contributed by atoms with Crippen LogP contribution < -0.4 is 10.7 Å². The average molecular weight is 319 g/mol. The molecule has 0 heterocycles. The Morgan fingerprint density at radius 1 is 1.05 bits per heavy atom. The molecule has 0 aliphatic carbocycles. The number of nitrogens with zero attached hydrogens (tertiary/aromatic N) is 2. The Morgan fingerprint density at radius 2 is 1.68 bits per heavy atom. The van der Waals surface area contributed by atoms with Gasteiger partial charge in [0.25, 0.3) is 11.6 Å². The van der Waals surface area contributed by atoms with E-state index < -0.39 is 10.8 Å². The first-order valence-corrected chi connectivity index (χ1v) is 6.54. The number of anilines is 2. The largest absolute Gasteiger partial charge is 0.320 e. The van der Waals surface area contributed by atoms with E-state index in [0.29, 0.717) is 11.4 Å². The second-order valence-electron chi connectivity index (χ2n) is 4.14. The Bertz CT molecular complexity index is 702. The minimum atomic E-state index is -0.567. The lowest BCUT2D eigenvalue weighted by Crippen LogP contribution is -2.19. The zero-order chi connectivity index (χ0) is 15.9. The van der Waals surface area contributed by atoms with Crippen molar-refractivity contribution in [3.63, 3.8) is 0 Å². The highest BCUT2D eigenvalue weighted by Crippen LogP contribution is 2.15. The van der Waals surface area contributed by atoms with Gasteiger partial charge in [-0.3, -0.25) is 20.3 Å². The minimum Gasteiger partial charge on any atom is -0.320 e. The smallest absolute Gasteiger partial charge is 0.287 e. The third-order valence-corrected chi connectivity index (χ3v) is 2.84. The topological polar surface area (TPSA) is 96.6 Å². The molecule has 7 nitrogen and oxygen atoms in total. The first-order chi connectivity index (χ1) is 10.6. The molecule has 1 amide bonds. The van der Waals surface area contributed by atoms with E-state index >= 15 is 0 Å². The number of nitrogens with one attached hydrogen (secondary N) is 2. The van der Waals surface area contributed by atoms with Crippen LogP contribution in [0.1, 0.15) is 0 Å². The summed E-state index contributed by atoms with van der Waals surface area (Å²) < 4.78 is 0. The molecular formula is C14H11ClN4O3. The predicted molar refractivity (Wildman–Crippen MR) is 85.1 cm³/mol. The summed E-state index contributed by atoms with van der Waals surface area (Å²) in [5, 5.41) is 16.5. The van der Waals surface area contributed by atoms with Crippen molar-refractivity contribution >= 4 is 39.7 Å². The number of amides is 1. The summed E-state index contributed by atoms with van der Waals surface area (Å²) in [6.45, 7) is 0. The van der Waals surface area contributed by atoms with Crippen LogP contribution in [0.15, 0.2) is 59.7 Å². The van der Waals surface area contributed by atoms with Gasteiger partial charge in [-0.25, -0.2) is 0 Å². The third-order valence-electron chi connectivity index (χ3n) is 2.58. The number of non-ortho nitro benzene ring substituents is 1. The molecule has 0 saturated heterocycles. The molecule has 0 aromatic heterocycles. The number of hydrogen-bond acceptors (Lipinski definition) is 5. The summed E-state index contributed by atoms with van der Waals surface area (Å²) >= 11 is 5.78. The first kappa shape index (κ1) is 15.5. The van der Waals surface area contributed by atoms with Gasteiger partial charge < -0.3 is 5.32 Å². The van der Waals surface area contributed by atoms with E-state index in [9.17, 15) is 14.9 Å². The highest BCUT2D eigenvalue weighted by Gasteiger charge is 2.09. The molecule has 2 rings (SSSR count). The lowest BCUT2D eigenvalue weighted by molar-refractivity contribution is -0.384. The van der Waals surface area contributed by atoms with Gasteiger partial charge in [0.15, 0.2) is 0 Å². The minimum absolute atomic E-state index is 0.0394. The van der Waals surface area contributed by atoms with Crippen LogP contribution in [0.4, 0.5) is 17.1 Å². The van der Waals surface area contributed by atoms with Crippen molar-refractivity contribution in [2.24, 2.45) is 5.10 Å². The van der Waals surface area contributed by atoms with E-state index in [1.165, 1.54) is 24.3 Å². The van der Waals surface area contributed by atoms with Crippen molar-refractivity contribution in [1.82, 2.24) is 0 Å². The van der Waals surface area contributed by atoms with Crippen molar-refractivity contribution in [3.05, 3.63) is 64.7 Å². The van der Waals surface area contributed by atoms with E-state index in [0.717, 1.165) is 0 Å². The van der Waals surface area contributed by atoms with Crippen LogP contribution in [0.25, 0.3) is 0 Å². The summed E-state index contributed by atoms with van der Waals surface area (Å²) in [5.74, 6) is -0.567. The molecule has 112 valence electrons. The fourth-order valence-corrected chi connectivity index (χ4v) is 1.62. The maximum absolute atomic E-state index is 11.8. The number of benzene rings is 2. The second-order valence-corrected chi connectivity index (χ2v) is 4.50. The molecule has 0 aliphatic heterocycles. The first-order valence-electron chi connectivity index (χ1n) is 6.16. The van der Waals surface area contributed by atoms with E-state index in [2.05, 4.69) is 15.8 Å². The molecule has 2 aromatic carbocycles. The van der Waals surface area contributed by atoms with Gasteiger partial charge in [-0.1, -0.05) is 29.8 Å². The van der Waals surface area contributed by atoms with Crippen LogP contribution in [-0.4, -0.2) is 16.0 Å². The Balaban J connectivity index is 1.97. The van der Waals surface area contributed by atoms with Gasteiger partial charge in [-0.15, -0.1) is 0 Å². The molecular weight excluding hydrogens is 308 g/mol. The number of hydrazone groups is 1. The molecule has 0 aliphatic rings. The number of hydrogen-bond donors (Lipinski definition) is 2. The maximum atomic E-state index is 11.8. The van der Waals surface area contributed by atoms with Crippen LogP contribution in [0, 0.1) is 10.1 Å². The molecule has 0 saturated carbocycles. The number of para-hydroxylation sites is 1. The Hall–Kier alpha value is -2.93. The molecule has 8 heteroatoms. The molecule has 0 atom stereocenters. The number of nitro benzene ring substituents is 1. The highest BCUT2D eigenvalue weighted by atomic mass is 35.5. The fourth-order valence-electron chi connectivity index (χ4n) is 1.53. The monoisotopic (exact) mass is 318 g/mol. The number of nitro groups is 1. The van der Waals surface area contributed by atoms with Crippen molar-refractivity contribution in [3.8, 4) is 0 Å². The van der Waals surface area contributed by atoms with Gasteiger partial charge in [-0.05, 0) is 24.3 Å². The van der Waals surface area contributed by atoms with Crippen molar-refractivity contribution < 1.29 is 9.72 Å². The molecule has 0 spiro atoms. The normalized spacial score (nSPS) is 10.9. The maximum Gasteiger partial charge on any atom is 0.287 e. The van der Waals surface area contributed by atoms with Gasteiger partial charge in [0.1, 0.15) is 0 Å². The summed E-state index contributed by atoms with van der Waals surface area (Å²) in [7, 11) is 0. The summed E-state index contributed by atoms with van der Waals surface area (Å²) in [4.78, 5) is 21.8. The van der Waals surface area contributed by atoms with Crippen molar-refractivity contribution in [2.75, 3.05) is 10.7 Å². The molecule has 0 bridgehead atoms. The summed E-state index contributed by atoms with van der Waals surface area (Å²) in [6.07, 6.45) is 0. The van der Waals surface area contributed by atoms with E-state index in [-0.39, 0.29) is 10.9 Å². The lowest BCUT2D eigenvalue weighted by atomic mass is 10.3. The third kappa shape index (κ3) is 4.29. The summed E-state index contributed by atoms with van der Waals surface area (Å²) in [6, 6.07) is 14.3. The van der Waals surface area contributed by atoms with E-state index in [1.807, 2.05) is 6.07 Å². The van der Waals surface area contributed by atoms with Crippen LogP contribution in [0.3, 0.4) is 0 Å². The second kappa shape index (κ2) is 7.19. The molecule has 2 aromatic rings. The van der Waals surface area contributed by atoms with Gasteiger partial charge >= 0.3 is 0 Å². The zero-order valence-corrected chi connectivity index (χ0v) is 11.9. The number of rotatable bonds is 5. The molecule has 0 radical (unpaired) electrons. The van der Waals surface area contributed by atoms with Gasteiger partial charge in [0.05, 0.1) is 10.6 Å². The van der Waals surface area contributed by atoms with E-state index in [4.69, 9.17) is 11.6 Å². The Morgan fingerprint density at radius 3 is 2.27 bits per heavy atom. The molecule has 2 N–H and O–H groups in total. The van der Waals surface area contributed by atoms with Crippen LogP contribution in [0.2, 0.25) is 0 Å². The number of halogens is 1. The SMILES string of the molecule is O=C(Nc1ccccc1)/C(Cl)=N/Nc1ccc([N+](=O)[O-])cc1.